The van der Waals surface area contributed by atoms with Crippen LogP contribution in [0.1, 0.15) is 26.2 Å². The van der Waals surface area contributed by atoms with Crippen LogP contribution in [0.3, 0.4) is 0 Å². The molecule has 0 amide bonds. The normalized spacial score (nSPS) is 21.1. The first-order chi connectivity index (χ1) is 7.69. The van der Waals surface area contributed by atoms with Crippen molar-refractivity contribution in [1.29, 1.82) is 0 Å². The molecule has 0 aromatic carbocycles. The van der Waals surface area contributed by atoms with Crippen LogP contribution in [-0.4, -0.2) is 28.0 Å². The topological polar surface area (TPSA) is 67.9 Å². The van der Waals surface area contributed by atoms with Crippen LogP contribution in [-0.2, 0) is 0 Å². The summed E-state index contributed by atoms with van der Waals surface area (Å²) in [4.78, 5) is 14.1. The third kappa shape index (κ3) is 2.52. The molecule has 1 saturated heterocycles. The maximum Gasteiger partial charge on any atom is 0.231 e. The Labute approximate surface area is 100 Å². The van der Waals surface area contributed by atoms with Crippen LogP contribution in [0.15, 0.2) is 0 Å². The van der Waals surface area contributed by atoms with Crippen LogP contribution >= 0.6 is 11.6 Å². The van der Waals surface area contributed by atoms with Crippen LogP contribution in [0.4, 0.5) is 11.9 Å². The summed E-state index contributed by atoms with van der Waals surface area (Å²) in [6.45, 7) is 4.16. The van der Waals surface area contributed by atoms with Crippen molar-refractivity contribution in [3.8, 4) is 0 Å². The first kappa shape index (κ1) is 11.4. The van der Waals surface area contributed by atoms with Gasteiger partial charge in [-0.3, -0.25) is 0 Å². The molecule has 16 heavy (non-hydrogen) atoms. The lowest BCUT2D eigenvalue weighted by Gasteiger charge is -2.32. The van der Waals surface area contributed by atoms with Gasteiger partial charge in [-0.1, -0.05) is 13.3 Å². The number of anilines is 2. The maximum atomic E-state index is 5.77. The van der Waals surface area contributed by atoms with E-state index in [1.165, 1.54) is 19.3 Å². The first-order valence-corrected chi connectivity index (χ1v) is 5.99. The molecule has 2 N–H and O–H groups in total. The van der Waals surface area contributed by atoms with E-state index in [1.54, 1.807) is 0 Å². The molecule has 0 aliphatic carbocycles. The molecule has 0 saturated carbocycles. The summed E-state index contributed by atoms with van der Waals surface area (Å²) in [5.41, 5.74) is 5.56. The molecule has 2 rings (SSSR count). The Bertz CT molecular complexity index is 350. The molecular formula is C10H16ClN5. The van der Waals surface area contributed by atoms with Crippen molar-refractivity contribution in [2.24, 2.45) is 5.92 Å². The van der Waals surface area contributed by atoms with Gasteiger partial charge >= 0.3 is 0 Å². The van der Waals surface area contributed by atoms with E-state index in [-0.39, 0.29) is 11.2 Å². The van der Waals surface area contributed by atoms with Crippen LogP contribution in [0, 0.1) is 5.92 Å². The van der Waals surface area contributed by atoms with Crippen molar-refractivity contribution < 1.29 is 0 Å². The zero-order valence-corrected chi connectivity index (χ0v) is 10.1. The second kappa shape index (κ2) is 4.82. The Morgan fingerprint density at radius 1 is 1.44 bits per heavy atom. The monoisotopic (exact) mass is 241 g/mol. The summed E-state index contributed by atoms with van der Waals surface area (Å²) >= 11 is 5.77. The number of halogens is 1. The van der Waals surface area contributed by atoms with Crippen LogP contribution in [0.2, 0.25) is 5.28 Å². The SMILES string of the molecule is CCC1CCCN(c2nc(N)nc(Cl)n2)C1. The molecule has 1 aromatic rings. The Kier molecular flexibility index (Phi) is 3.43. The molecule has 1 aliphatic heterocycles. The van der Waals surface area contributed by atoms with Crippen molar-refractivity contribution in [2.75, 3.05) is 23.7 Å². The quantitative estimate of drug-likeness (QED) is 0.854. The molecule has 0 bridgehead atoms. The summed E-state index contributed by atoms with van der Waals surface area (Å²) in [5, 5.41) is 0.168. The van der Waals surface area contributed by atoms with E-state index in [4.69, 9.17) is 17.3 Å². The fraction of sp³-hybridized carbons (Fsp3) is 0.700. The summed E-state index contributed by atoms with van der Waals surface area (Å²) in [5.74, 6) is 1.51. The van der Waals surface area contributed by atoms with Gasteiger partial charge in [0.05, 0.1) is 0 Å². The Morgan fingerprint density at radius 2 is 2.25 bits per heavy atom. The standard InChI is InChI=1S/C10H16ClN5/c1-2-7-4-3-5-16(6-7)10-14-8(11)13-9(12)15-10/h7H,2-6H2,1H3,(H2,12,13,14,15). The Hall–Kier alpha value is -1.10. The van der Waals surface area contributed by atoms with Crippen molar-refractivity contribution in [1.82, 2.24) is 15.0 Å². The second-order valence-electron chi connectivity index (χ2n) is 4.13. The number of rotatable bonds is 2. The number of nitrogens with two attached hydrogens (primary N) is 1. The molecule has 1 aromatic heterocycles. The molecule has 0 spiro atoms. The molecule has 0 radical (unpaired) electrons. The fourth-order valence-corrected chi connectivity index (χ4v) is 2.24. The molecule has 1 fully saturated rings. The maximum absolute atomic E-state index is 5.77. The Balaban J connectivity index is 2.16. The van der Waals surface area contributed by atoms with E-state index in [0.717, 1.165) is 13.1 Å². The number of nitrogens with zero attached hydrogens (tertiary/aromatic N) is 4. The minimum Gasteiger partial charge on any atom is -0.368 e. The van der Waals surface area contributed by atoms with Crippen LogP contribution in [0.5, 0.6) is 0 Å². The fourth-order valence-electron chi connectivity index (χ4n) is 2.08. The molecule has 5 nitrogen and oxygen atoms in total. The van der Waals surface area contributed by atoms with Crippen molar-refractivity contribution in [3.05, 3.63) is 5.28 Å². The highest BCUT2D eigenvalue weighted by Crippen LogP contribution is 2.23. The van der Waals surface area contributed by atoms with Crippen molar-refractivity contribution >= 4 is 23.5 Å². The largest absolute Gasteiger partial charge is 0.368 e. The summed E-state index contributed by atoms with van der Waals surface area (Å²) in [6.07, 6.45) is 3.63. The average molecular weight is 242 g/mol. The predicted molar refractivity (Wildman–Crippen MR) is 64.5 cm³/mol. The van der Waals surface area contributed by atoms with Gasteiger partial charge in [0.1, 0.15) is 0 Å². The predicted octanol–water partition coefficient (Wildman–Crippen LogP) is 1.73. The number of nitrogen functional groups attached to an aromatic ring is 1. The number of piperidine rings is 1. The molecule has 1 aliphatic rings. The van der Waals surface area contributed by atoms with Gasteiger partial charge in [0.2, 0.25) is 17.2 Å². The van der Waals surface area contributed by atoms with Gasteiger partial charge in [0, 0.05) is 13.1 Å². The second-order valence-corrected chi connectivity index (χ2v) is 4.46. The first-order valence-electron chi connectivity index (χ1n) is 5.61. The summed E-state index contributed by atoms with van der Waals surface area (Å²) < 4.78 is 0. The van der Waals surface area contributed by atoms with Crippen molar-refractivity contribution in [3.63, 3.8) is 0 Å². The molecule has 1 unspecified atom stereocenters. The molecule has 2 heterocycles. The van der Waals surface area contributed by atoms with Gasteiger partial charge < -0.3 is 10.6 Å². The molecule has 88 valence electrons. The summed E-state index contributed by atoms with van der Waals surface area (Å²) in [6, 6.07) is 0. The van der Waals surface area contributed by atoms with Crippen LogP contribution in [0.25, 0.3) is 0 Å². The third-order valence-electron chi connectivity index (χ3n) is 2.99. The lowest BCUT2D eigenvalue weighted by atomic mass is 9.96. The van der Waals surface area contributed by atoms with Gasteiger partial charge in [-0.25, -0.2) is 0 Å². The van der Waals surface area contributed by atoms with Crippen LogP contribution < -0.4 is 10.6 Å². The summed E-state index contributed by atoms with van der Waals surface area (Å²) in [7, 11) is 0. The average Bonchev–Trinajstić information content (AvgIpc) is 2.28. The highest BCUT2D eigenvalue weighted by Gasteiger charge is 2.21. The molecular weight excluding hydrogens is 226 g/mol. The van der Waals surface area contributed by atoms with Crippen molar-refractivity contribution in [2.45, 2.75) is 26.2 Å². The smallest absolute Gasteiger partial charge is 0.231 e. The van der Waals surface area contributed by atoms with E-state index in [0.29, 0.717) is 11.9 Å². The molecule has 6 heteroatoms. The minimum absolute atomic E-state index is 0.168. The van der Waals surface area contributed by atoms with E-state index < -0.39 is 0 Å². The minimum atomic E-state index is 0.168. The Morgan fingerprint density at radius 3 is 2.94 bits per heavy atom. The highest BCUT2D eigenvalue weighted by molar-refractivity contribution is 6.28. The van der Waals surface area contributed by atoms with E-state index >= 15 is 0 Å². The van der Waals surface area contributed by atoms with Gasteiger partial charge in [0.25, 0.3) is 0 Å². The van der Waals surface area contributed by atoms with Gasteiger partial charge in [0.15, 0.2) is 0 Å². The number of aromatic nitrogens is 3. The number of hydrogen-bond acceptors (Lipinski definition) is 5. The highest BCUT2D eigenvalue weighted by atomic mass is 35.5. The van der Waals surface area contributed by atoms with E-state index in [1.807, 2.05) is 0 Å². The van der Waals surface area contributed by atoms with Gasteiger partial charge in [-0.05, 0) is 30.4 Å². The zero-order chi connectivity index (χ0) is 11.5. The molecule has 1 atom stereocenters. The lowest BCUT2D eigenvalue weighted by Crippen LogP contribution is -2.36. The van der Waals surface area contributed by atoms with E-state index in [9.17, 15) is 0 Å². The van der Waals surface area contributed by atoms with E-state index in [2.05, 4.69) is 26.8 Å². The third-order valence-corrected chi connectivity index (χ3v) is 3.16. The zero-order valence-electron chi connectivity index (χ0n) is 9.36. The lowest BCUT2D eigenvalue weighted by molar-refractivity contribution is 0.401. The van der Waals surface area contributed by atoms with Gasteiger partial charge in [-0.15, -0.1) is 0 Å². The van der Waals surface area contributed by atoms with Gasteiger partial charge in [-0.2, -0.15) is 15.0 Å². The number of hydrogen-bond donors (Lipinski definition) is 1.